The lowest BCUT2D eigenvalue weighted by atomic mass is 10.2. The number of hydrogen-bond acceptors (Lipinski definition) is 6. The summed E-state index contributed by atoms with van der Waals surface area (Å²) in [4.78, 5) is 12.2. The molecule has 1 amide bonds. The molecule has 1 heterocycles. The van der Waals surface area contributed by atoms with Gasteiger partial charge in [-0.05, 0) is 44.2 Å². The topological polar surface area (TPSA) is 78.4 Å². The molecule has 1 aliphatic heterocycles. The van der Waals surface area contributed by atoms with Crippen molar-refractivity contribution in [3.63, 3.8) is 0 Å². The van der Waals surface area contributed by atoms with Crippen molar-refractivity contribution in [2.24, 2.45) is 5.10 Å². The van der Waals surface area contributed by atoms with Gasteiger partial charge in [-0.1, -0.05) is 0 Å². The molecule has 26 heavy (non-hydrogen) atoms. The van der Waals surface area contributed by atoms with Gasteiger partial charge in [-0.25, -0.2) is 5.43 Å². The maximum Gasteiger partial charge on any atom is 0.271 e. The van der Waals surface area contributed by atoms with E-state index in [0.29, 0.717) is 36.0 Å². The predicted octanol–water partition coefficient (Wildman–Crippen LogP) is 2.98. The summed E-state index contributed by atoms with van der Waals surface area (Å²) in [6.45, 7) is 5.07. The largest absolute Gasteiger partial charge is 0.494 e. The summed E-state index contributed by atoms with van der Waals surface area (Å²) >= 11 is 0. The van der Waals surface area contributed by atoms with Crippen LogP contribution in [0.5, 0.6) is 23.0 Å². The lowest BCUT2D eigenvalue weighted by Crippen LogP contribution is -2.17. The Morgan fingerprint density at radius 1 is 1.12 bits per heavy atom. The molecular weight excluding hydrogens is 336 g/mol. The Morgan fingerprint density at radius 2 is 1.92 bits per heavy atom. The second kappa shape index (κ2) is 8.24. The van der Waals surface area contributed by atoms with Gasteiger partial charge in [-0.15, -0.1) is 0 Å². The van der Waals surface area contributed by atoms with Gasteiger partial charge in [-0.2, -0.15) is 5.10 Å². The zero-order chi connectivity index (χ0) is 18.4. The van der Waals surface area contributed by atoms with Crippen molar-refractivity contribution in [2.75, 3.05) is 20.0 Å². The lowest BCUT2D eigenvalue weighted by molar-refractivity contribution is 0.0954. The number of rotatable bonds is 7. The smallest absolute Gasteiger partial charge is 0.271 e. The molecular formula is C19H20N2O5. The van der Waals surface area contributed by atoms with Crippen molar-refractivity contribution in [1.29, 1.82) is 0 Å². The zero-order valence-corrected chi connectivity index (χ0v) is 14.7. The van der Waals surface area contributed by atoms with Crippen molar-refractivity contribution in [2.45, 2.75) is 13.8 Å². The van der Waals surface area contributed by atoms with Crippen molar-refractivity contribution in [3.8, 4) is 23.0 Å². The molecule has 2 aromatic rings. The number of nitrogens with one attached hydrogen (secondary N) is 1. The Bertz CT molecular complexity index is 820. The third-order valence-corrected chi connectivity index (χ3v) is 3.60. The van der Waals surface area contributed by atoms with Gasteiger partial charge in [0.25, 0.3) is 5.91 Å². The maximum atomic E-state index is 12.2. The van der Waals surface area contributed by atoms with Crippen molar-refractivity contribution < 1.29 is 23.7 Å². The second-order valence-electron chi connectivity index (χ2n) is 5.33. The first-order valence-electron chi connectivity index (χ1n) is 8.34. The normalized spacial score (nSPS) is 12.2. The maximum absolute atomic E-state index is 12.2. The Balaban J connectivity index is 1.68. The molecule has 0 saturated heterocycles. The molecule has 0 aromatic heterocycles. The number of hydrogen-bond donors (Lipinski definition) is 1. The summed E-state index contributed by atoms with van der Waals surface area (Å²) in [6.07, 6.45) is 1.53. The van der Waals surface area contributed by atoms with Crippen LogP contribution in [0.1, 0.15) is 29.8 Å². The van der Waals surface area contributed by atoms with Crippen LogP contribution in [0, 0.1) is 0 Å². The minimum absolute atomic E-state index is 0.163. The van der Waals surface area contributed by atoms with E-state index in [0.717, 1.165) is 11.3 Å². The fourth-order valence-electron chi connectivity index (χ4n) is 2.42. The van der Waals surface area contributed by atoms with Gasteiger partial charge in [0.05, 0.1) is 19.4 Å². The van der Waals surface area contributed by atoms with Crippen LogP contribution in [0.3, 0.4) is 0 Å². The molecule has 0 saturated carbocycles. The first-order chi connectivity index (χ1) is 12.7. The third-order valence-electron chi connectivity index (χ3n) is 3.60. The average molecular weight is 356 g/mol. The van der Waals surface area contributed by atoms with Crippen LogP contribution in [0.25, 0.3) is 0 Å². The highest BCUT2D eigenvalue weighted by atomic mass is 16.7. The van der Waals surface area contributed by atoms with E-state index < -0.39 is 0 Å². The second-order valence-corrected chi connectivity index (χ2v) is 5.33. The molecule has 0 aliphatic carbocycles. The zero-order valence-electron chi connectivity index (χ0n) is 14.7. The van der Waals surface area contributed by atoms with Crippen LogP contribution in [0.2, 0.25) is 0 Å². The number of fused-ring (bicyclic) bond motifs is 1. The van der Waals surface area contributed by atoms with Crippen molar-refractivity contribution in [1.82, 2.24) is 5.43 Å². The highest BCUT2D eigenvalue weighted by Gasteiger charge is 2.15. The first-order valence-corrected chi connectivity index (χ1v) is 8.34. The summed E-state index contributed by atoms with van der Waals surface area (Å²) in [7, 11) is 0. The number of carbonyl (C=O) groups excluding carboxylic acids is 1. The third kappa shape index (κ3) is 4.05. The Hall–Kier alpha value is -3.22. The SMILES string of the molecule is CCOc1ccc(/C=N\NC(=O)c2ccc3c(c2)OCO3)c(OCC)c1. The van der Waals surface area contributed by atoms with Gasteiger partial charge < -0.3 is 18.9 Å². The van der Waals surface area contributed by atoms with E-state index in [2.05, 4.69) is 10.5 Å². The molecule has 3 rings (SSSR count). The number of benzene rings is 2. The monoisotopic (exact) mass is 356 g/mol. The van der Waals surface area contributed by atoms with Crippen LogP contribution < -0.4 is 24.4 Å². The molecule has 0 bridgehead atoms. The summed E-state index contributed by atoms with van der Waals surface area (Å²) in [6, 6.07) is 10.4. The number of ether oxygens (including phenoxy) is 4. The van der Waals surface area contributed by atoms with Gasteiger partial charge in [0, 0.05) is 17.2 Å². The molecule has 7 heteroatoms. The number of hydrazone groups is 1. The van der Waals surface area contributed by atoms with Crippen LogP contribution in [0.4, 0.5) is 0 Å². The summed E-state index contributed by atoms with van der Waals surface area (Å²) in [5, 5.41) is 4.01. The number of amides is 1. The van der Waals surface area contributed by atoms with Crippen LogP contribution in [0.15, 0.2) is 41.5 Å². The van der Waals surface area contributed by atoms with Gasteiger partial charge in [0.15, 0.2) is 11.5 Å². The van der Waals surface area contributed by atoms with E-state index in [4.69, 9.17) is 18.9 Å². The van der Waals surface area contributed by atoms with Gasteiger partial charge >= 0.3 is 0 Å². The van der Waals surface area contributed by atoms with E-state index in [1.54, 1.807) is 24.3 Å². The minimum Gasteiger partial charge on any atom is -0.494 e. The molecule has 136 valence electrons. The molecule has 0 unspecified atom stereocenters. The Kier molecular flexibility index (Phi) is 5.58. The average Bonchev–Trinajstić information content (AvgIpc) is 3.11. The Labute approximate surface area is 151 Å². The molecule has 0 spiro atoms. The molecule has 1 N–H and O–H groups in total. The molecule has 0 fully saturated rings. The Morgan fingerprint density at radius 3 is 2.73 bits per heavy atom. The molecule has 0 atom stereocenters. The first kappa shape index (κ1) is 17.6. The van der Waals surface area contributed by atoms with Crippen LogP contribution in [-0.4, -0.2) is 32.1 Å². The predicted molar refractivity (Wildman–Crippen MR) is 96.4 cm³/mol. The molecule has 1 aliphatic rings. The fraction of sp³-hybridized carbons (Fsp3) is 0.263. The number of nitrogens with zero attached hydrogens (tertiary/aromatic N) is 1. The van der Waals surface area contributed by atoms with Crippen LogP contribution in [-0.2, 0) is 0 Å². The quantitative estimate of drug-likeness (QED) is 0.609. The molecule has 2 aromatic carbocycles. The number of carbonyl (C=O) groups is 1. The van der Waals surface area contributed by atoms with Gasteiger partial charge in [0.1, 0.15) is 11.5 Å². The molecule has 0 radical (unpaired) electrons. The van der Waals surface area contributed by atoms with E-state index in [1.807, 2.05) is 26.0 Å². The van der Waals surface area contributed by atoms with E-state index in [9.17, 15) is 4.79 Å². The molecule has 7 nitrogen and oxygen atoms in total. The summed E-state index contributed by atoms with van der Waals surface area (Å²) in [5.74, 6) is 2.19. The lowest BCUT2D eigenvalue weighted by Gasteiger charge is -2.10. The van der Waals surface area contributed by atoms with E-state index in [-0.39, 0.29) is 12.7 Å². The summed E-state index contributed by atoms with van der Waals surface area (Å²) in [5.41, 5.74) is 3.67. The van der Waals surface area contributed by atoms with Crippen LogP contribution >= 0.6 is 0 Å². The van der Waals surface area contributed by atoms with Gasteiger partial charge in [-0.3, -0.25) is 4.79 Å². The minimum atomic E-state index is -0.344. The van der Waals surface area contributed by atoms with Gasteiger partial charge in [0.2, 0.25) is 6.79 Å². The van der Waals surface area contributed by atoms with E-state index in [1.165, 1.54) is 6.21 Å². The highest BCUT2D eigenvalue weighted by Crippen LogP contribution is 2.32. The van der Waals surface area contributed by atoms with Crippen molar-refractivity contribution in [3.05, 3.63) is 47.5 Å². The van der Waals surface area contributed by atoms with Crippen molar-refractivity contribution >= 4 is 12.1 Å². The standard InChI is InChI=1S/C19H20N2O5/c1-3-23-15-7-5-14(17(10-15)24-4-2)11-20-21-19(22)13-6-8-16-18(9-13)26-12-25-16/h5-11H,3-4,12H2,1-2H3,(H,21,22)/b20-11-. The summed E-state index contributed by atoms with van der Waals surface area (Å²) < 4.78 is 21.6. The fourth-order valence-corrected chi connectivity index (χ4v) is 2.42. The van der Waals surface area contributed by atoms with E-state index >= 15 is 0 Å². The highest BCUT2D eigenvalue weighted by molar-refractivity contribution is 5.95.